The van der Waals surface area contributed by atoms with Gasteiger partial charge in [0.2, 0.25) is 5.91 Å². The Kier molecular flexibility index (Phi) is 5.79. The van der Waals surface area contributed by atoms with E-state index in [9.17, 15) is 9.36 Å². The Morgan fingerprint density at radius 3 is 2.37 bits per heavy atom. The van der Waals surface area contributed by atoms with Crippen molar-refractivity contribution in [3.63, 3.8) is 0 Å². The van der Waals surface area contributed by atoms with E-state index in [-0.39, 0.29) is 19.1 Å². The summed E-state index contributed by atoms with van der Waals surface area (Å²) in [7, 11) is -1.98. The van der Waals surface area contributed by atoms with Crippen molar-refractivity contribution in [2.75, 3.05) is 20.3 Å². The number of rotatable bonds is 7. The molecule has 1 rings (SSSR count). The summed E-state index contributed by atoms with van der Waals surface area (Å²) in [5.41, 5.74) is 0. The van der Waals surface area contributed by atoms with Gasteiger partial charge in [0.15, 0.2) is 5.78 Å². The molecule has 0 radical (unpaired) electrons. The second-order valence-corrected chi connectivity index (χ2v) is 5.98. The fourth-order valence-corrected chi connectivity index (χ4v) is 3.83. The van der Waals surface area contributed by atoms with E-state index in [0.717, 1.165) is 0 Å². The lowest BCUT2D eigenvalue weighted by molar-refractivity contribution is -0.129. The third-order valence-electron chi connectivity index (χ3n) is 2.58. The van der Waals surface area contributed by atoms with Gasteiger partial charge in [-0.05, 0) is 26.0 Å². The summed E-state index contributed by atoms with van der Waals surface area (Å²) in [4.78, 5) is 12.9. The zero-order valence-corrected chi connectivity index (χ0v) is 12.6. The summed E-state index contributed by atoms with van der Waals surface area (Å²) in [5.74, 6) is -0.746. The summed E-state index contributed by atoms with van der Waals surface area (Å²) in [6.07, 6.45) is 1.46. The van der Waals surface area contributed by atoms with Crippen LogP contribution in [0.3, 0.4) is 0 Å². The zero-order chi connectivity index (χ0) is 14.5. The Morgan fingerprint density at radius 1 is 1.42 bits per heavy atom. The van der Waals surface area contributed by atoms with Gasteiger partial charge in [0.1, 0.15) is 5.76 Å². The van der Waals surface area contributed by atoms with Gasteiger partial charge >= 0.3 is 7.60 Å². The molecule has 0 fully saturated rings. The van der Waals surface area contributed by atoms with Gasteiger partial charge < -0.3 is 18.4 Å². The average Bonchev–Trinajstić information content (AvgIpc) is 2.83. The Balaban J connectivity index is 3.21. The molecule has 7 heteroatoms. The third-order valence-corrected chi connectivity index (χ3v) is 5.01. The molecule has 1 amide bonds. The van der Waals surface area contributed by atoms with E-state index in [2.05, 4.69) is 0 Å². The molecular formula is C12H20NO5P. The highest BCUT2D eigenvalue weighted by Crippen LogP contribution is 2.62. The highest BCUT2D eigenvalue weighted by molar-refractivity contribution is 7.54. The summed E-state index contributed by atoms with van der Waals surface area (Å²) in [6, 6.07) is 3.31. The van der Waals surface area contributed by atoms with Crippen LogP contribution >= 0.6 is 7.60 Å². The van der Waals surface area contributed by atoms with Gasteiger partial charge in [-0.3, -0.25) is 9.36 Å². The number of hydrogen-bond acceptors (Lipinski definition) is 5. The molecule has 0 saturated heterocycles. The minimum absolute atomic E-state index is 0.222. The third kappa shape index (κ3) is 3.69. The fraction of sp³-hybridized carbons (Fsp3) is 0.583. The molecule has 0 aliphatic heterocycles. The Labute approximate surface area is 113 Å². The van der Waals surface area contributed by atoms with Crippen LogP contribution in [-0.4, -0.2) is 31.1 Å². The van der Waals surface area contributed by atoms with E-state index in [1.807, 2.05) is 0 Å². The molecule has 0 aromatic carbocycles. The van der Waals surface area contributed by atoms with E-state index in [4.69, 9.17) is 13.5 Å². The van der Waals surface area contributed by atoms with Crippen molar-refractivity contribution < 1.29 is 22.8 Å². The molecule has 1 heterocycles. The highest BCUT2D eigenvalue weighted by atomic mass is 31.2. The van der Waals surface area contributed by atoms with Crippen molar-refractivity contribution in [3.05, 3.63) is 24.2 Å². The average molecular weight is 289 g/mol. The Morgan fingerprint density at radius 2 is 2.00 bits per heavy atom. The van der Waals surface area contributed by atoms with E-state index in [1.54, 1.807) is 33.0 Å². The molecule has 1 aromatic heterocycles. The molecule has 0 aliphatic carbocycles. The van der Waals surface area contributed by atoms with Crippen LogP contribution in [0.1, 0.15) is 32.3 Å². The van der Waals surface area contributed by atoms with Gasteiger partial charge in [-0.15, -0.1) is 0 Å². The van der Waals surface area contributed by atoms with E-state index in [1.165, 1.54) is 18.1 Å². The molecule has 0 unspecified atom stereocenters. The molecule has 1 aromatic rings. The first-order valence-electron chi connectivity index (χ1n) is 6.11. The number of carbonyl (C=O) groups is 1. The summed E-state index contributed by atoms with van der Waals surface area (Å²) in [6.45, 7) is 5.27. The molecule has 0 N–H and O–H groups in total. The number of hydrogen-bond donors (Lipinski definition) is 0. The zero-order valence-electron chi connectivity index (χ0n) is 11.7. The van der Waals surface area contributed by atoms with Crippen LogP contribution in [-0.2, 0) is 18.4 Å². The molecule has 1 atom stereocenters. The second-order valence-electron chi connectivity index (χ2n) is 3.89. The van der Waals surface area contributed by atoms with E-state index >= 15 is 0 Å². The molecule has 0 aliphatic rings. The minimum atomic E-state index is -3.52. The maximum Gasteiger partial charge on any atom is 0.360 e. The number of furan rings is 1. The lowest BCUT2D eigenvalue weighted by Gasteiger charge is -2.31. The quantitative estimate of drug-likeness (QED) is 0.722. The van der Waals surface area contributed by atoms with Gasteiger partial charge in [-0.2, -0.15) is 0 Å². The van der Waals surface area contributed by atoms with E-state index < -0.39 is 13.4 Å². The first-order valence-corrected chi connectivity index (χ1v) is 7.73. The number of amides is 1. The van der Waals surface area contributed by atoms with E-state index in [0.29, 0.717) is 5.76 Å². The maximum atomic E-state index is 12.9. The van der Waals surface area contributed by atoms with Crippen LogP contribution in [0.4, 0.5) is 0 Å². The number of nitrogens with zero attached hydrogens (tertiary/aromatic N) is 1. The monoisotopic (exact) mass is 289 g/mol. The molecule has 6 nitrogen and oxygen atoms in total. The molecule has 19 heavy (non-hydrogen) atoms. The minimum Gasteiger partial charge on any atom is -0.466 e. The normalized spacial score (nSPS) is 13.3. The van der Waals surface area contributed by atoms with Gasteiger partial charge in [-0.1, -0.05) is 0 Å². The van der Waals surface area contributed by atoms with Gasteiger partial charge in [0.05, 0.1) is 19.5 Å². The predicted molar refractivity (Wildman–Crippen MR) is 70.8 cm³/mol. The van der Waals surface area contributed by atoms with Crippen molar-refractivity contribution in [1.29, 1.82) is 0 Å². The van der Waals surface area contributed by atoms with Gasteiger partial charge in [-0.25, -0.2) is 0 Å². The van der Waals surface area contributed by atoms with Crippen LogP contribution in [0.15, 0.2) is 22.8 Å². The van der Waals surface area contributed by atoms with Crippen LogP contribution in [0, 0.1) is 0 Å². The lowest BCUT2D eigenvalue weighted by atomic mass is 10.4. The molecule has 0 spiro atoms. The molecule has 0 bridgehead atoms. The topological polar surface area (TPSA) is 69.0 Å². The summed E-state index contributed by atoms with van der Waals surface area (Å²) < 4.78 is 28.8. The predicted octanol–water partition coefficient (Wildman–Crippen LogP) is 3.02. The highest BCUT2D eigenvalue weighted by Gasteiger charge is 2.42. The van der Waals surface area contributed by atoms with Gasteiger partial charge in [0.25, 0.3) is 0 Å². The van der Waals surface area contributed by atoms with Crippen LogP contribution < -0.4 is 0 Å². The van der Waals surface area contributed by atoms with Crippen LogP contribution in [0.5, 0.6) is 0 Å². The van der Waals surface area contributed by atoms with Crippen molar-refractivity contribution in [2.45, 2.75) is 26.6 Å². The number of carbonyl (C=O) groups excluding carboxylic acids is 1. The van der Waals surface area contributed by atoms with Crippen LogP contribution in [0.2, 0.25) is 0 Å². The smallest absolute Gasteiger partial charge is 0.360 e. The lowest BCUT2D eigenvalue weighted by Crippen LogP contribution is -2.30. The van der Waals surface area contributed by atoms with Crippen molar-refractivity contribution in [2.24, 2.45) is 0 Å². The summed E-state index contributed by atoms with van der Waals surface area (Å²) >= 11 is 0. The standard InChI is InChI=1S/C12H20NO5P/c1-5-17-19(15,18-6-2)12(13(4)10(3)14)11-8-7-9-16-11/h7-9,12H,5-6H2,1-4H3/t12-/m0/s1. The Hall–Kier alpha value is -1.10. The largest absolute Gasteiger partial charge is 0.466 e. The first kappa shape index (κ1) is 16.0. The molecular weight excluding hydrogens is 269 g/mol. The molecule has 0 saturated carbocycles. The molecule has 108 valence electrons. The van der Waals surface area contributed by atoms with Gasteiger partial charge in [0, 0.05) is 14.0 Å². The summed E-state index contributed by atoms with van der Waals surface area (Å²) in [5, 5.41) is 0. The SMILES string of the molecule is CCOP(=O)(OCC)[C@@H](c1ccco1)N(C)C(C)=O. The maximum absolute atomic E-state index is 12.9. The van der Waals surface area contributed by atoms with Crippen molar-refractivity contribution in [1.82, 2.24) is 4.90 Å². The Bertz CT molecular complexity index is 435. The van der Waals surface area contributed by atoms with Crippen LogP contribution in [0.25, 0.3) is 0 Å². The van der Waals surface area contributed by atoms with Crippen molar-refractivity contribution >= 4 is 13.5 Å². The first-order chi connectivity index (χ1) is 8.96. The fourth-order valence-electron chi connectivity index (χ4n) is 1.71. The van der Waals surface area contributed by atoms with Crippen molar-refractivity contribution in [3.8, 4) is 0 Å². The second kappa shape index (κ2) is 6.89.